The number of piperidine rings is 2. The lowest BCUT2D eigenvalue weighted by molar-refractivity contribution is 0.0187. The molecule has 2 aliphatic rings. The van der Waals surface area contributed by atoms with Crippen LogP contribution in [0.1, 0.15) is 135 Å². The molecule has 2 aromatic carbocycles. The van der Waals surface area contributed by atoms with Gasteiger partial charge in [0.25, 0.3) is 11.8 Å². The SMILES string of the molecule is CC(C)(C)OC(=O)N1CCC(NC(=O)c2c(C(C)(C)C)n(C(=O)O)c3ccc(Br)cc23)CC1.CC(C)(C)OC(=O)N1CCC(NC(=O)c2cn(C(=O)OC(C)(C)C)c3ccc(Br)cc23)CC1. The summed E-state index contributed by atoms with van der Waals surface area (Å²) < 4.78 is 20.5. The van der Waals surface area contributed by atoms with E-state index in [1.54, 1.807) is 54.8 Å². The number of hydrogen-bond donors (Lipinski definition) is 3. The van der Waals surface area contributed by atoms with E-state index in [9.17, 15) is 33.9 Å². The minimum Gasteiger partial charge on any atom is -0.464 e. The maximum Gasteiger partial charge on any atom is 0.419 e. The molecular weight excluding hydrogens is 980 g/mol. The smallest absolute Gasteiger partial charge is 0.419 e. The molecule has 360 valence electrons. The Morgan fingerprint density at radius 3 is 1.42 bits per heavy atom. The molecule has 4 heterocycles. The summed E-state index contributed by atoms with van der Waals surface area (Å²) in [5.41, 5.74) is -0.0617. The number of amides is 4. The zero-order valence-corrected chi connectivity index (χ0v) is 43.2. The van der Waals surface area contributed by atoms with Gasteiger partial charge in [0.05, 0.1) is 22.2 Å². The standard InChI is InChI=1S/2C24H32BrN3O5/c1-23(2,3)32-21(30)27-11-9-16(10-12-27)26-20(29)18-14-28(22(31)33-24(4,5)6)19-8-7-15(25)13-17(18)19;1-23(2,3)19-18(16-13-14(25)7-8-17(16)28(19)21(30)31)20(29)26-15-9-11-27(12-10-15)22(32)33-24(4,5)6/h7-8,13-14,16H,9-12H2,1-6H3,(H,26,29);7-8,13,15H,9-12H2,1-6H3,(H,26,29)(H,30,31). The Balaban J connectivity index is 0.000000247. The van der Waals surface area contributed by atoms with Crippen LogP contribution in [0.2, 0.25) is 0 Å². The van der Waals surface area contributed by atoms with Gasteiger partial charge in [0.15, 0.2) is 0 Å². The van der Waals surface area contributed by atoms with Crippen molar-refractivity contribution in [3.05, 3.63) is 68.4 Å². The van der Waals surface area contributed by atoms with E-state index in [1.165, 1.54) is 15.3 Å². The highest BCUT2D eigenvalue weighted by atomic mass is 79.9. The Kier molecular flexibility index (Phi) is 15.7. The molecule has 0 spiro atoms. The second kappa shape index (κ2) is 20.0. The molecular formula is C48H64Br2N6O10. The molecule has 0 bridgehead atoms. The van der Waals surface area contributed by atoms with E-state index in [4.69, 9.17) is 14.2 Å². The molecule has 6 rings (SSSR count). The van der Waals surface area contributed by atoms with Crippen LogP contribution in [0, 0.1) is 0 Å². The van der Waals surface area contributed by atoms with Crippen molar-refractivity contribution in [1.29, 1.82) is 0 Å². The predicted octanol–water partition coefficient (Wildman–Crippen LogP) is 10.7. The van der Waals surface area contributed by atoms with Crippen molar-refractivity contribution >= 4 is 89.9 Å². The van der Waals surface area contributed by atoms with Gasteiger partial charge in [-0.05, 0) is 124 Å². The maximum absolute atomic E-state index is 13.5. The van der Waals surface area contributed by atoms with Gasteiger partial charge < -0.3 is 39.8 Å². The average Bonchev–Trinajstić information content (AvgIpc) is 3.73. The van der Waals surface area contributed by atoms with Crippen molar-refractivity contribution in [2.75, 3.05) is 26.2 Å². The first-order chi connectivity index (χ1) is 30.4. The normalized spacial score (nSPS) is 15.5. The van der Waals surface area contributed by atoms with Crippen LogP contribution >= 0.6 is 31.9 Å². The monoisotopic (exact) mass is 1040 g/mol. The van der Waals surface area contributed by atoms with Crippen molar-refractivity contribution in [2.45, 2.75) is 143 Å². The number of nitrogens with one attached hydrogen (secondary N) is 2. The molecule has 3 N–H and O–H groups in total. The van der Waals surface area contributed by atoms with Crippen molar-refractivity contribution in [2.24, 2.45) is 0 Å². The highest BCUT2D eigenvalue weighted by molar-refractivity contribution is 9.10. The molecule has 16 nitrogen and oxygen atoms in total. The second-order valence-electron chi connectivity index (χ2n) is 20.7. The molecule has 4 aromatic rings. The van der Waals surface area contributed by atoms with Gasteiger partial charge in [-0.25, -0.2) is 23.7 Å². The number of halogens is 2. The van der Waals surface area contributed by atoms with Crippen molar-refractivity contribution in [1.82, 2.24) is 29.6 Å². The number of fused-ring (bicyclic) bond motifs is 2. The average molecular weight is 1040 g/mol. The Morgan fingerprint density at radius 2 is 1.00 bits per heavy atom. The number of rotatable bonds is 4. The Morgan fingerprint density at radius 1 is 0.591 bits per heavy atom. The summed E-state index contributed by atoms with van der Waals surface area (Å²) in [5, 5.41) is 17.3. The maximum atomic E-state index is 13.5. The number of hydrogen-bond acceptors (Lipinski definition) is 9. The van der Waals surface area contributed by atoms with Crippen LogP contribution in [-0.4, -0.2) is 115 Å². The van der Waals surface area contributed by atoms with Gasteiger partial charge in [-0.2, -0.15) is 0 Å². The van der Waals surface area contributed by atoms with Crippen LogP contribution in [0.3, 0.4) is 0 Å². The first kappa shape index (κ1) is 51.9. The van der Waals surface area contributed by atoms with E-state index in [-0.39, 0.29) is 36.1 Å². The lowest BCUT2D eigenvalue weighted by atomic mass is 9.88. The first-order valence-corrected chi connectivity index (χ1v) is 23.7. The molecule has 0 aliphatic carbocycles. The van der Waals surface area contributed by atoms with E-state index >= 15 is 0 Å². The van der Waals surface area contributed by atoms with Crippen LogP contribution in [0.15, 0.2) is 51.5 Å². The summed E-state index contributed by atoms with van der Waals surface area (Å²) in [6, 6.07) is 10.5. The third kappa shape index (κ3) is 13.3. The molecule has 2 aromatic heterocycles. The fourth-order valence-electron chi connectivity index (χ4n) is 7.83. The Hall–Kier alpha value is -5.10. The number of carbonyl (C=O) groups is 6. The minimum absolute atomic E-state index is 0.0803. The third-order valence-electron chi connectivity index (χ3n) is 10.6. The lowest BCUT2D eigenvalue weighted by Crippen LogP contribution is -2.48. The van der Waals surface area contributed by atoms with E-state index < -0.39 is 34.4 Å². The molecule has 2 aliphatic heterocycles. The molecule has 0 radical (unpaired) electrons. The first-order valence-electron chi connectivity index (χ1n) is 22.1. The van der Waals surface area contributed by atoms with Crippen LogP contribution in [-0.2, 0) is 19.6 Å². The number of aromatic nitrogens is 2. The van der Waals surface area contributed by atoms with Crippen molar-refractivity contribution in [3.8, 4) is 0 Å². The summed E-state index contributed by atoms with van der Waals surface area (Å²) in [6.07, 6.45) is 1.61. The fraction of sp³-hybridized carbons (Fsp3) is 0.542. The van der Waals surface area contributed by atoms with Crippen LogP contribution < -0.4 is 10.6 Å². The van der Waals surface area contributed by atoms with Gasteiger partial charge in [-0.15, -0.1) is 0 Å². The van der Waals surface area contributed by atoms with E-state index in [0.717, 1.165) is 8.95 Å². The highest BCUT2D eigenvalue weighted by Crippen LogP contribution is 2.36. The summed E-state index contributed by atoms with van der Waals surface area (Å²) in [6.45, 7) is 24.0. The number of likely N-dealkylation sites (tertiary alicyclic amines) is 2. The van der Waals surface area contributed by atoms with Crippen LogP contribution in [0.25, 0.3) is 21.8 Å². The zero-order chi connectivity index (χ0) is 49.3. The quantitative estimate of drug-likeness (QED) is 0.166. The lowest BCUT2D eigenvalue weighted by Gasteiger charge is -2.34. The highest BCUT2D eigenvalue weighted by Gasteiger charge is 2.35. The van der Waals surface area contributed by atoms with Gasteiger partial charge in [-0.1, -0.05) is 52.6 Å². The molecule has 0 unspecified atom stereocenters. The van der Waals surface area contributed by atoms with E-state index in [1.807, 2.05) is 74.4 Å². The number of nitrogens with zero attached hydrogens (tertiary/aromatic N) is 4. The van der Waals surface area contributed by atoms with Gasteiger partial charge >= 0.3 is 24.4 Å². The van der Waals surface area contributed by atoms with Gasteiger partial charge in [0.1, 0.15) is 16.8 Å². The molecule has 0 atom stereocenters. The minimum atomic E-state index is -1.13. The topological polar surface area (TPSA) is 191 Å². The molecule has 66 heavy (non-hydrogen) atoms. The van der Waals surface area contributed by atoms with E-state index in [0.29, 0.717) is 90.5 Å². The summed E-state index contributed by atoms with van der Waals surface area (Å²) in [5.74, 6) is -0.574. The zero-order valence-electron chi connectivity index (χ0n) is 40.0. The molecule has 4 amide bonds. The predicted molar refractivity (Wildman–Crippen MR) is 260 cm³/mol. The molecule has 2 saturated heterocycles. The Labute approximate surface area is 403 Å². The molecule has 2 fully saturated rings. The molecule has 18 heteroatoms. The molecule has 0 saturated carbocycles. The van der Waals surface area contributed by atoms with Crippen molar-refractivity contribution in [3.63, 3.8) is 0 Å². The number of carbonyl (C=O) groups excluding carboxylic acids is 5. The van der Waals surface area contributed by atoms with Crippen LogP contribution in [0.5, 0.6) is 0 Å². The van der Waals surface area contributed by atoms with Gasteiger partial charge in [0, 0.05) is 75.3 Å². The third-order valence-corrected chi connectivity index (χ3v) is 11.6. The van der Waals surface area contributed by atoms with E-state index in [2.05, 4.69) is 42.5 Å². The summed E-state index contributed by atoms with van der Waals surface area (Å²) >= 11 is 6.88. The fourth-order valence-corrected chi connectivity index (χ4v) is 8.56. The summed E-state index contributed by atoms with van der Waals surface area (Å²) in [7, 11) is 0. The summed E-state index contributed by atoms with van der Waals surface area (Å²) in [4.78, 5) is 79.5. The van der Waals surface area contributed by atoms with Gasteiger partial charge in [0.2, 0.25) is 0 Å². The van der Waals surface area contributed by atoms with Gasteiger partial charge in [-0.3, -0.25) is 14.2 Å². The van der Waals surface area contributed by atoms with Crippen molar-refractivity contribution < 1.29 is 48.1 Å². The second-order valence-corrected chi connectivity index (χ2v) is 22.6. The van der Waals surface area contributed by atoms with Crippen LogP contribution in [0.4, 0.5) is 19.2 Å². The number of ether oxygens (including phenoxy) is 3. The number of benzene rings is 2. The Bertz CT molecular complexity index is 2490. The number of carboxylic acid groups (broad SMARTS) is 1. The largest absolute Gasteiger partial charge is 0.464 e.